The Morgan fingerprint density at radius 3 is 3.20 bits per heavy atom. The van der Waals surface area contributed by atoms with Gasteiger partial charge >= 0.3 is 0 Å². The molecule has 1 heterocycles. The molecule has 0 aliphatic heterocycles. The maximum absolute atomic E-state index is 8.32. The Balaban J connectivity index is 2.50. The fourth-order valence-electron chi connectivity index (χ4n) is 0.673. The molecule has 0 aliphatic rings. The van der Waals surface area contributed by atoms with Crippen molar-refractivity contribution < 1.29 is 0 Å². The van der Waals surface area contributed by atoms with Gasteiger partial charge in [0.2, 0.25) is 0 Å². The third-order valence-corrected chi connectivity index (χ3v) is 1.15. The molecule has 4 nitrogen and oxygen atoms in total. The monoisotopic (exact) mass is 136 g/mol. The lowest BCUT2D eigenvalue weighted by Crippen LogP contribution is -2.20. The Kier molecular flexibility index (Phi) is 2.03. The van der Waals surface area contributed by atoms with Crippen molar-refractivity contribution in [2.45, 2.75) is 12.5 Å². The van der Waals surface area contributed by atoms with Crippen LogP contribution in [0.25, 0.3) is 0 Å². The highest BCUT2D eigenvalue weighted by molar-refractivity contribution is 5.02. The molecule has 0 fully saturated rings. The van der Waals surface area contributed by atoms with E-state index in [1.165, 1.54) is 0 Å². The molecule has 1 atom stereocenters. The van der Waals surface area contributed by atoms with Gasteiger partial charge in [0.15, 0.2) is 0 Å². The molecule has 0 saturated carbocycles. The molecule has 52 valence electrons. The number of imidazole rings is 1. The number of aromatic nitrogens is 2. The van der Waals surface area contributed by atoms with E-state index < -0.39 is 6.04 Å². The average molecular weight is 136 g/mol. The number of nitrogens with one attached hydrogen (secondary N) is 1. The summed E-state index contributed by atoms with van der Waals surface area (Å²) < 4.78 is 0. The van der Waals surface area contributed by atoms with E-state index in [1.54, 1.807) is 12.5 Å². The number of nitriles is 1. The minimum atomic E-state index is -0.441. The first kappa shape index (κ1) is 6.78. The molecule has 0 aliphatic carbocycles. The average Bonchev–Trinajstić information content (AvgIpc) is 2.40. The Labute approximate surface area is 58.7 Å². The zero-order valence-corrected chi connectivity index (χ0v) is 5.41. The summed E-state index contributed by atoms with van der Waals surface area (Å²) in [5.74, 6) is 0. The van der Waals surface area contributed by atoms with Crippen LogP contribution < -0.4 is 5.73 Å². The predicted octanol–water partition coefficient (Wildman–Crippen LogP) is -0.197. The molecule has 1 aromatic rings. The summed E-state index contributed by atoms with van der Waals surface area (Å²) in [5.41, 5.74) is 6.18. The number of nitrogens with zero attached hydrogens (tertiary/aromatic N) is 2. The van der Waals surface area contributed by atoms with Crippen molar-refractivity contribution in [3.8, 4) is 6.07 Å². The first-order valence-electron chi connectivity index (χ1n) is 2.96. The van der Waals surface area contributed by atoms with Gasteiger partial charge in [0.05, 0.1) is 24.1 Å². The second-order valence-corrected chi connectivity index (χ2v) is 2.00. The fourth-order valence-corrected chi connectivity index (χ4v) is 0.673. The van der Waals surface area contributed by atoms with E-state index in [-0.39, 0.29) is 0 Å². The standard InChI is InChI=1S/C6H8N4/c7-2-5(8)1-6-3-9-4-10-6/h3-5H,1,8H2,(H,9,10). The van der Waals surface area contributed by atoms with Crippen LogP contribution in [0.3, 0.4) is 0 Å². The van der Waals surface area contributed by atoms with Crippen molar-refractivity contribution in [3.63, 3.8) is 0 Å². The van der Waals surface area contributed by atoms with Gasteiger partial charge in [-0.05, 0) is 0 Å². The van der Waals surface area contributed by atoms with Gasteiger partial charge < -0.3 is 10.7 Å². The van der Waals surface area contributed by atoms with Crippen LogP contribution in [0.5, 0.6) is 0 Å². The number of aromatic amines is 1. The van der Waals surface area contributed by atoms with Crippen molar-refractivity contribution in [1.29, 1.82) is 5.26 Å². The maximum Gasteiger partial charge on any atom is 0.0984 e. The largest absolute Gasteiger partial charge is 0.351 e. The summed E-state index contributed by atoms with van der Waals surface area (Å²) in [6, 6.07) is 1.49. The van der Waals surface area contributed by atoms with Crippen LogP contribution in [-0.2, 0) is 6.42 Å². The van der Waals surface area contributed by atoms with Crippen LogP contribution in [0.15, 0.2) is 12.5 Å². The van der Waals surface area contributed by atoms with Gasteiger partial charge in [-0.3, -0.25) is 0 Å². The highest BCUT2D eigenvalue weighted by atomic mass is 14.9. The van der Waals surface area contributed by atoms with E-state index in [2.05, 4.69) is 9.97 Å². The van der Waals surface area contributed by atoms with Crippen LogP contribution in [0, 0.1) is 11.3 Å². The van der Waals surface area contributed by atoms with Crippen LogP contribution in [0.1, 0.15) is 5.69 Å². The maximum atomic E-state index is 8.32. The van der Waals surface area contributed by atoms with Crippen molar-refractivity contribution in [2.24, 2.45) is 5.73 Å². The number of hydrogen-bond donors (Lipinski definition) is 2. The SMILES string of the molecule is N#CC(N)Cc1c[nH]cn1. The first-order valence-corrected chi connectivity index (χ1v) is 2.96. The summed E-state index contributed by atoms with van der Waals surface area (Å²) in [4.78, 5) is 6.70. The van der Waals surface area contributed by atoms with E-state index in [4.69, 9.17) is 11.0 Å². The molecule has 1 aromatic heterocycles. The van der Waals surface area contributed by atoms with E-state index in [0.717, 1.165) is 5.69 Å². The summed E-state index contributed by atoms with van der Waals surface area (Å²) in [7, 11) is 0. The Morgan fingerprint density at radius 2 is 2.70 bits per heavy atom. The number of H-pyrrole nitrogens is 1. The zero-order valence-electron chi connectivity index (χ0n) is 5.41. The van der Waals surface area contributed by atoms with E-state index >= 15 is 0 Å². The highest BCUT2D eigenvalue weighted by Gasteiger charge is 2.01. The van der Waals surface area contributed by atoms with E-state index in [1.807, 2.05) is 6.07 Å². The third-order valence-electron chi connectivity index (χ3n) is 1.15. The first-order chi connectivity index (χ1) is 4.83. The van der Waals surface area contributed by atoms with Gasteiger partial charge in [-0.1, -0.05) is 0 Å². The molecule has 10 heavy (non-hydrogen) atoms. The minimum Gasteiger partial charge on any atom is -0.351 e. The summed E-state index contributed by atoms with van der Waals surface area (Å²) in [6.45, 7) is 0. The van der Waals surface area contributed by atoms with Crippen molar-refractivity contribution in [3.05, 3.63) is 18.2 Å². The predicted molar refractivity (Wildman–Crippen MR) is 35.9 cm³/mol. The molecule has 0 bridgehead atoms. The third kappa shape index (κ3) is 1.57. The van der Waals surface area contributed by atoms with Gasteiger partial charge in [0, 0.05) is 12.6 Å². The second-order valence-electron chi connectivity index (χ2n) is 2.00. The fraction of sp³-hybridized carbons (Fsp3) is 0.333. The van der Waals surface area contributed by atoms with Crippen LogP contribution in [0.4, 0.5) is 0 Å². The van der Waals surface area contributed by atoms with Gasteiger partial charge in [-0.25, -0.2) is 4.98 Å². The van der Waals surface area contributed by atoms with E-state index in [0.29, 0.717) is 6.42 Å². The Hall–Kier alpha value is -1.34. The summed E-state index contributed by atoms with van der Waals surface area (Å²) in [5, 5.41) is 8.32. The molecule has 1 unspecified atom stereocenters. The van der Waals surface area contributed by atoms with Gasteiger partial charge in [-0.15, -0.1) is 0 Å². The molecule has 0 radical (unpaired) electrons. The molecule has 0 amide bonds. The van der Waals surface area contributed by atoms with Gasteiger partial charge in [0.25, 0.3) is 0 Å². The molecule has 4 heteroatoms. The lowest BCUT2D eigenvalue weighted by Gasteiger charge is -1.95. The molecule has 0 saturated heterocycles. The number of nitrogens with two attached hydrogens (primary N) is 1. The smallest absolute Gasteiger partial charge is 0.0984 e. The van der Waals surface area contributed by atoms with Crippen LogP contribution in [-0.4, -0.2) is 16.0 Å². The summed E-state index contributed by atoms with van der Waals surface area (Å²) in [6.07, 6.45) is 3.82. The van der Waals surface area contributed by atoms with E-state index in [9.17, 15) is 0 Å². The second kappa shape index (κ2) is 2.99. The molecule has 0 spiro atoms. The quantitative estimate of drug-likeness (QED) is 0.591. The Morgan fingerprint density at radius 1 is 1.90 bits per heavy atom. The van der Waals surface area contributed by atoms with Crippen LogP contribution in [0.2, 0.25) is 0 Å². The number of rotatable bonds is 2. The highest BCUT2D eigenvalue weighted by Crippen LogP contribution is 1.93. The lowest BCUT2D eigenvalue weighted by atomic mass is 10.2. The Bertz CT molecular complexity index is 220. The zero-order chi connectivity index (χ0) is 7.40. The minimum absolute atomic E-state index is 0.441. The molecular formula is C6H8N4. The van der Waals surface area contributed by atoms with Gasteiger partial charge in [0.1, 0.15) is 0 Å². The lowest BCUT2D eigenvalue weighted by molar-refractivity contribution is 0.805. The number of hydrogen-bond acceptors (Lipinski definition) is 3. The van der Waals surface area contributed by atoms with Crippen LogP contribution >= 0.6 is 0 Å². The molecule has 0 aromatic carbocycles. The van der Waals surface area contributed by atoms with Crippen molar-refractivity contribution >= 4 is 0 Å². The normalized spacial score (nSPS) is 12.4. The molecule has 3 N–H and O–H groups in total. The topological polar surface area (TPSA) is 78.5 Å². The van der Waals surface area contributed by atoms with Crippen molar-refractivity contribution in [1.82, 2.24) is 9.97 Å². The van der Waals surface area contributed by atoms with Crippen molar-refractivity contribution in [2.75, 3.05) is 0 Å². The summed E-state index contributed by atoms with van der Waals surface area (Å²) >= 11 is 0. The molecule has 1 rings (SSSR count). The molecular weight excluding hydrogens is 128 g/mol. The van der Waals surface area contributed by atoms with Gasteiger partial charge in [-0.2, -0.15) is 5.26 Å².